The van der Waals surface area contributed by atoms with Gasteiger partial charge in [0.15, 0.2) is 5.96 Å². The number of aliphatic carboxylic acids is 1. The van der Waals surface area contributed by atoms with Gasteiger partial charge in [0.2, 0.25) is 41.4 Å². The Morgan fingerprint density at radius 2 is 1.12 bits per heavy atom. The molecule has 25 nitrogen and oxygen atoms in total. The number of carbonyl (C=O) groups is 8. The minimum atomic E-state index is -1.73. The fourth-order valence-corrected chi connectivity index (χ4v) is 5.39. The van der Waals surface area contributed by atoms with Crippen LogP contribution in [0.3, 0.4) is 0 Å². The van der Waals surface area contributed by atoms with Gasteiger partial charge in [0.25, 0.3) is 0 Å². The predicted molar refractivity (Wildman–Crippen MR) is 208 cm³/mol. The molecule has 0 aliphatic heterocycles. The lowest BCUT2D eigenvalue weighted by Crippen LogP contribution is -2.60. The van der Waals surface area contributed by atoms with Gasteiger partial charge < -0.3 is 75.0 Å². The molecule has 0 unspecified atom stereocenters. The van der Waals surface area contributed by atoms with E-state index in [0.29, 0.717) is 11.4 Å². The first kappa shape index (κ1) is 48.5. The minimum absolute atomic E-state index is 0.00544. The van der Waals surface area contributed by atoms with E-state index in [0.717, 1.165) is 0 Å². The van der Waals surface area contributed by atoms with Crippen molar-refractivity contribution < 1.29 is 48.6 Å². The van der Waals surface area contributed by atoms with Gasteiger partial charge in [0, 0.05) is 43.2 Å². The van der Waals surface area contributed by atoms with Gasteiger partial charge in [-0.3, -0.25) is 38.6 Å². The lowest BCUT2D eigenvalue weighted by Gasteiger charge is -2.27. The maximum Gasteiger partial charge on any atom is 0.328 e. The summed E-state index contributed by atoms with van der Waals surface area (Å²) in [4.78, 5) is 122. The Labute approximate surface area is 338 Å². The molecule has 0 aliphatic rings. The number of nitrogens with zero attached hydrogens (tertiary/aromatic N) is 3. The summed E-state index contributed by atoms with van der Waals surface area (Å²) in [7, 11) is 0. The van der Waals surface area contributed by atoms with Crippen molar-refractivity contribution >= 4 is 53.3 Å². The van der Waals surface area contributed by atoms with E-state index in [4.69, 9.17) is 22.9 Å². The van der Waals surface area contributed by atoms with Crippen LogP contribution in [0.4, 0.5) is 0 Å². The molecule has 0 fully saturated rings. The quantitative estimate of drug-likeness (QED) is 0.0239. The minimum Gasteiger partial charge on any atom is -0.480 e. The number of aromatic amines is 2. The SMILES string of the molecule is CC(C)C[C@H](NC(=O)[C@H](Cc1cnc[nH]1)NC(=O)[C@H](C)N)C(=O)N[C@@H](Cc1cnc[nH]1)C(=O)N[C@@H](CC(N)=O)C(=O)N[C@@H](CCCN=C(N)N)C(=O)N[C@@H](CO)C(=O)O. The van der Waals surface area contributed by atoms with E-state index in [-0.39, 0.29) is 50.5 Å². The third-order valence-electron chi connectivity index (χ3n) is 8.39. The Morgan fingerprint density at radius 3 is 1.56 bits per heavy atom. The topological polar surface area (TPSA) is 423 Å². The summed E-state index contributed by atoms with van der Waals surface area (Å²) >= 11 is 0. The van der Waals surface area contributed by atoms with Crippen molar-refractivity contribution in [2.75, 3.05) is 13.2 Å². The van der Waals surface area contributed by atoms with Crippen molar-refractivity contribution in [3.8, 4) is 0 Å². The fraction of sp³-hybridized carbons (Fsp3) is 0.559. The molecule has 0 aromatic carbocycles. The number of guanidine groups is 1. The molecule has 2 aromatic heterocycles. The average molecular weight is 834 g/mol. The second-order valence-electron chi connectivity index (χ2n) is 14.0. The summed E-state index contributed by atoms with van der Waals surface area (Å²) in [5, 5.41) is 33.3. The van der Waals surface area contributed by atoms with Crippen LogP contribution in [0.2, 0.25) is 0 Å². The number of H-pyrrole nitrogens is 2. The van der Waals surface area contributed by atoms with Crippen LogP contribution < -0.4 is 54.8 Å². The summed E-state index contributed by atoms with van der Waals surface area (Å²) in [5.41, 5.74) is 22.7. The molecule has 18 N–H and O–H groups in total. The zero-order valence-electron chi connectivity index (χ0n) is 32.9. The number of carboxylic acid groups (broad SMARTS) is 1. The Hall–Kier alpha value is -6.63. The number of aromatic nitrogens is 4. The molecular formula is C34H55N15O10. The molecule has 2 heterocycles. The van der Waals surface area contributed by atoms with Gasteiger partial charge >= 0.3 is 5.97 Å². The standard InChI is InChI=1S/C34H55N15O10/c1-16(2)7-21(46-30(55)22(45-27(52)17(3)35)8-18-11-39-14-42-18)29(54)47-23(9-19-12-40-15-43-19)31(56)48-24(10-26(36)51)32(57)44-20(5-4-6-41-34(37)38)28(53)49-25(13-50)33(58)59/h11-12,14-17,20-25,50H,4-10,13,35H2,1-3H3,(H2,36,51)(H,39,42)(H,40,43)(H,44,57)(H,45,52)(H,46,55)(H,47,54)(H,48,56)(H,49,53)(H,58,59)(H4,37,38,41)/t17-,20-,21-,22-,23-,24-,25-/m0/s1. The molecule has 0 spiro atoms. The number of nitrogens with one attached hydrogen (secondary N) is 8. The monoisotopic (exact) mass is 833 g/mol. The van der Waals surface area contributed by atoms with Gasteiger partial charge in [-0.05, 0) is 32.1 Å². The van der Waals surface area contributed by atoms with Crippen molar-refractivity contribution in [2.45, 2.75) is 102 Å². The highest BCUT2D eigenvalue weighted by Crippen LogP contribution is 2.10. The molecular weight excluding hydrogens is 778 g/mol. The Morgan fingerprint density at radius 1 is 0.678 bits per heavy atom. The fourth-order valence-electron chi connectivity index (χ4n) is 5.39. The van der Waals surface area contributed by atoms with E-state index in [1.165, 1.54) is 32.0 Å². The maximum absolute atomic E-state index is 13.9. The highest BCUT2D eigenvalue weighted by molar-refractivity contribution is 5.98. The van der Waals surface area contributed by atoms with Crippen LogP contribution in [0.5, 0.6) is 0 Å². The molecule has 2 aromatic rings. The number of imidazole rings is 2. The molecule has 7 atom stereocenters. The summed E-state index contributed by atoms with van der Waals surface area (Å²) in [6.45, 7) is 4.03. The lowest BCUT2D eigenvalue weighted by atomic mass is 10.0. The van der Waals surface area contributed by atoms with Gasteiger partial charge in [-0.15, -0.1) is 0 Å². The summed E-state index contributed by atoms with van der Waals surface area (Å²) in [6.07, 6.45) is 4.49. The molecule has 59 heavy (non-hydrogen) atoms. The number of aliphatic hydroxyl groups excluding tert-OH is 1. The summed E-state index contributed by atoms with van der Waals surface area (Å²) in [6, 6.07) is -9.82. The second kappa shape index (κ2) is 24.2. The van der Waals surface area contributed by atoms with Crippen LogP contribution in [-0.2, 0) is 51.2 Å². The molecule has 0 aliphatic carbocycles. The summed E-state index contributed by atoms with van der Waals surface area (Å²) < 4.78 is 0. The van der Waals surface area contributed by atoms with Crippen molar-refractivity contribution in [3.05, 3.63) is 36.4 Å². The average Bonchev–Trinajstić information content (AvgIpc) is 3.88. The van der Waals surface area contributed by atoms with Crippen molar-refractivity contribution in [2.24, 2.45) is 33.8 Å². The van der Waals surface area contributed by atoms with Crippen molar-refractivity contribution in [1.82, 2.24) is 51.8 Å². The normalized spacial score (nSPS) is 14.5. The first-order valence-corrected chi connectivity index (χ1v) is 18.5. The molecule has 2 rings (SSSR count). The molecule has 25 heteroatoms. The molecule has 0 saturated heterocycles. The zero-order chi connectivity index (χ0) is 44.2. The number of hydrogen-bond donors (Lipinski definition) is 14. The first-order valence-electron chi connectivity index (χ1n) is 18.5. The van der Waals surface area contributed by atoms with Crippen LogP contribution >= 0.6 is 0 Å². The smallest absolute Gasteiger partial charge is 0.328 e. The first-order chi connectivity index (χ1) is 27.8. The number of amides is 7. The second-order valence-corrected chi connectivity index (χ2v) is 14.0. The number of aliphatic imine (C=N–C) groups is 1. The van der Waals surface area contributed by atoms with E-state index < -0.39 is 103 Å². The number of primary amides is 1. The number of hydrogen-bond acceptors (Lipinski definition) is 13. The number of carbonyl (C=O) groups excluding carboxylic acids is 7. The van der Waals surface area contributed by atoms with Gasteiger partial charge in [0.1, 0.15) is 36.3 Å². The Bertz CT molecular complexity index is 1750. The van der Waals surface area contributed by atoms with Crippen LogP contribution in [0.25, 0.3) is 0 Å². The van der Waals surface area contributed by atoms with Crippen molar-refractivity contribution in [3.63, 3.8) is 0 Å². The van der Waals surface area contributed by atoms with Crippen LogP contribution in [0.1, 0.15) is 57.8 Å². The molecule has 0 saturated carbocycles. The molecule has 0 bridgehead atoms. The summed E-state index contributed by atoms with van der Waals surface area (Å²) in [5.74, 6) is -8.34. The number of rotatable bonds is 26. The third-order valence-corrected chi connectivity index (χ3v) is 8.39. The zero-order valence-corrected chi connectivity index (χ0v) is 32.9. The van der Waals surface area contributed by atoms with Gasteiger partial charge in [0.05, 0.1) is 31.7 Å². The highest BCUT2D eigenvalue weighted by Gasteiger charge is 2.34. The van der Waals surface area contributed by atoms with E-state index >= 15 is 0 Å². The highest BCUT2D eigenvalue weighted by atomic mass is 16.4. The molecule has 7 amide bonds. The number of nitrogens with two attached hydrogens (primary N) is 4. The molecule has 0 radical (unpaired) electrons. The largest absolute Gasteiger partial charge is 0.480 e. The van der Waals surface area contributed by atoms with Gasteiger partial charge in [-0.2, -0.15) is 0 Å². The van der Waals surface area contributed by atoms with Crippen LogP contribution in [-0.4, -0.2) is 139 Å². The van der Waals surface area contributed by atoms with Gasteiger partial charge in [-0.1, -0.05) is 13.8 Å². The molecule has 326 valence electrons. The van der Waals surface area contributed by atoms with E-state index in [2.05, 4.69) is 56.8 Å². The predicted octanol–water partition coefficient (Wildman–Crippen LogP) is -5.77. The Balaban J connectivity index is 2.39. The van der Waals surface area contributed by atoms with E-state index in [9.17, 15) is 48.6 Å². The van der Waals surface area contributed by atoms with Gasteiger partial charge in [-0.25, -0.2) is 14.8 Å². The number of carboxylic acids is 1. The van der Waals surface area contributed by atoms with Crippen molar-refractivity contribution in [1.29, 1.82) is 0 Å². The lowest BCUT2D eigenvalue weighted by molar-refractivity contribution is -0.143. The Kier molecular flexibility index (Phi) is 19.9. The van der Waals surface area contributed by atoms with Crippen LogP contribution in [0.15, 0.2) is 30.0 Å². The maximum atomic E-state index is 13.9. The van der Waals surface area contributed by atoms with Crippen LogP contribution in [0, 0.1) is 5.92 Å². The van der Waals surface area contributed by atoms with E-state index in [1.807, 2.05) is 0 Å². The number of aliphatic hydroxyl groups is 1. The van der Waals surface area contributed by atoms with E-state index in [1.54, 1.807) is 13.8 Å². The third kappa shape index (κ3) is 17.6.